The van der Waals surface area contributed by atoms with Crippen LogP contribution >= 0.6 is 24.0 Å². The van der Waals surface area contributed by atoms with Crippen molar-refractivity contribution in [1.82, 2.24) is 20.4 Å². The Bertz CT molecular complexity index is 703. The third kappa shape index (κ3) is 9.95. The number of nitrogens with zero attached hydrogens (tertiary/aromatic N) is 3. The summed E-state index contributed by atoms with van der Waals surface area (Å²) in [6, 6.07) is 3.45. The fourth-order valence-electron chi connectivity index (χ4n) is 2.98. The first-order valence-corrected chi connectivity index (χ1v) is 10.1. The molecule has 0 spiro atoms. The molecule has 1 heterocycles. The maximum atomic E-state index is 13.2. The Kier molecular flexibility index (Phi) is 13.3. The molecule has 0 unspecified atom stereocenters. The molecule has 0 saturated carbocycles. The molecule has 2 rings (SSSR count). The predicted molar refractivity (Wildman–Crippen MR) is 126 cm³/mol. The standard InChI is InChI=1S/C20H31F2N5O3.HI/c1-3-23-20(25-7-13-30-16-4-5-17(21)18(22)14-16)27-10-8-26(9-11-27)15-19(28)24-6-12-29-2;/h4-5,14H,3,6-13,15H2,1-2H3,(H,23,25)(H,24,28);1H. The van der Waals surface area contributed by atoms with E-state index < -0.39 is 11.6 Å². The average molecular weight is 555 g/mol. The molecule has 0 radical (unpaired) electrons. The Morgan fingerprint density at radius 1 is 1.13 bits per heavy atom. The fraction of sp³-hybridized carbons (Fsp3) is 0.600. The molecule has 0 aromatic heterocycles. The van der Waals surface area contributed by atoms with Gasteiger partial charge in [-0.05, 0) is 19.1 Å². The topological polar surface area (TPSA) is 78.4 Å². The van der Waals surface area contributed by atoms with Crippen molar-refractivity contribution in [3.05, 3.63) is 29.8 Å². The van der Waals surface area contributed by atoms with Crippen molar-refractivity contribution in [2.24, 2.45) is 4.99 Å². The smallest absolute Gasteiger partial charge is 0.234 e. The van der Waals surface area contributed by atoms with Crippen LogP contribution < -0.4 is 15.4 Å². The summed E-state index contributed by atoms with van der Waals surface area (Å²) in [5, 5.41) is 6.08. The van der Waals surface area contributed by atoms with Gasteiger partial charge < -0.3 is 25.0 Å². The molecule has 8 nitrogen and oxygen atoms in total. The van der Waals surface area contributed by atoms with Gasteiger partial charge in [-0.2, -0.15) is 0 Å². The molecular weight excluding hydrogens is 523 g/mol. The van der Waals surface area contributed by atoms with Crippen molar-refractivity contribution in [2.45, 2.75) is 6.92 Å². The van der Waals surface area contributed by atoms with Gasteiger partial charge in [0.05, 0.1) is 19.7 Å². The lowest BCUT2D eigenvalue weighted by atomic mass is 10.3. The average Bonchev–Trinajstić information content (AvgIpc) is 2.73. The number of hydrogen-bond acceptors (Lipinski definition) is 5. The van der Waals surface area contributed by atoms with Gasteiger partial charge in [-0.25, -0.2) is 13.8 Å². The second kappa shape index (κ2) is 15.1. The van der Waals surface area contributed by atoms with Gasteiger partial charge >= 0.3 is 0 Å². The minimum absolute atomic E-state index is 0. The van der Waals surface area contributed by atoms with Crippen molar-refractivity contribution < 1.29 is 23.0 Å². The lowest BCUT2D eigenvalue weighted by Gasteiger charge is -2.36. The van der Waals surface area contributed by atoms with Gasteiger partial charge in [0, 0.05) is 52.4 Å². The normalized spacial score (nSPS) is 14.7. The maximum absolute atomic E-state index is 13.2. The van der Waals surface area contributed by atoms with Crippen molar-refractivity contribution in [3.63, 3.8) is 0 Å². The largest absolute Gasteiger partial charge is 0.492 e. The monoisotopic (exact) mass is 555 g/mol. The molecule has 0 atom stereocenters. The number of carbonyl (C=O) groups is 1. The predicted octanol–water partition coefficient (Wildman–Crippen LogP) is 1.31. The highest BCUT2D eigenvalue weighted by Gasteiger charge is 2.21. The molecule has 1 fully saturated rings. The molecule has 0 aliphatic carbocycles. The van der Waals surface area contributed by atoms with Crippen LogP contribution in [-0.4, -0.2) is 94.3 Å². The van der Waals surface area contributed by atoms with Gasteiger partial charge in [0.15, 0.2) is 17.6 Å². The number of ether oxygens (including phenoxy) is 2. The molecule has 2 N–H and O–H groups in total. The minimum Gasteiger partial charge on any atom is -0.492 e. The van der Waals surface area contributed by atoms with E-state index in [2.05, 4.69) is 25.4 Å². The van der Waals surface area contributed by atoms with Crippen LogP contribution in [0.25, 0.3) is 0 Å². The summed E-state index contributed by atoms with van der Waals surface area (Å²) in [5.74, 6) is -0.798. The number of methoxy groups -OCH3 is 1. The van der Waals surface area contributed by atoms with E-state index in [1.807, 2.05) is 6.92 Å². The van der Waals surface area contributed by atoms with Crippen LogP contribution in [-0.2, 0) is 9.53 Å². The summed E-state index contributed by atoms with van der Waals surface area (Å²) in [5.41, 5.74) is 0. The Morgan fingerprint density at radius 3 is 2.52 bits per heavy atom. The number of aliphatic imine (C=N–C) groups is 1. The lowest BCUT2D eigenvalue weighted by molar-refractivity contribution is -0.122. The first-order valence-electron chi connectivity index (χ1n) is 10.1. The first-order chi connectivity index (χ1) is 14.5. The second-order valence-corrected chi connectivity index (χ2v) is 6.77. The summed E-state index contributed by atoms with van der Waals surface area (Å²) < 4.78 is 36.5. The Hall–Kier alpha value is -1.73. The van der Waals surface area contributed by atoms with Gasteiger partial charge in [0.1, 0.15) is 12.4 Å². The highest BCUT2D eigenvalue weighted by atomic mass is 127. The van der Waals surface area contributed by atoms with Crippen LogP contribution in [0.3, 0.4) is 0 Å². The van der Waals surface area contributed by atoms with E-state index >= 15 is 0 Å². The zero-order chi connectivity index (χ0) is 21.8. The van der Waals surface area contributed by atoms with Crippen LogP contribution in [0, 0.1) is 11.6 Å². The van der Waals surface area contributed by atoms with E-state index in [1.54, 1.807) is 7.11 Å². The molecule has 176 valence electrons. The van der Waals surface area contributed by atoms with E-state index in [1.165, 1.54) is 6.07 Å². The summed E-state index contributed by atoms with van der Waals surface area (Å²) in [4.78, 5) is 20.7. The van der Waals surface area contributed by atoms with Gasteiger partial charge in [-0.1, -0.05) is 0 Å². The van der Waals surface area contributed by atoms with Crippen molar-refractivity contribution in [2.75, 3.05) is 72.7 Å². The number of hydrogen-bond donors (Lipinski definition) is 2. The molecule has 1 amide bonds. The molecular formula is C20H32F2IN5O3. The number of halogens is 3. The number of carbonyl (C=O) groups excluding carboxylic acids is 1. The molecule has 1 aliphatic rings. The Balaban J connectivity index is 0.00000480. The number of rotatable bonds is 10. The van der Waals surface area contributed by atoms with E-state index in [9.17, 15) is 13.6 Å². The van der Waals surface area contributed by atoms with Gasteiger partial charge in [0.25, 0.3) is 0 Å². The number of guanidine groups is 1. The molecule has 0 bridgehead atoms. The molecule has 1 saturated heterocycles. The second-order valence-electron chi connectivity index (χ2n) is 6.77. The van der Waals surface area contributed by atoms with E-state index in [0.29, 0.717) is 26.2 Å². The quantitative estimate of drug-likeness (QED) is 0.196. The summed E-state index contributed by atoms with van der Waals surface area (Å²) >= 11 is 0. The molecule has 1 aromatic rings. The van der Waals surface area contributed by atoms with E-state index in [-0.39, 0.29) is 42.2 Å². The van der Waals surface area contributed by atoms with E-state index in [0.717, 1.165) is 50.8 Å². The summed E-state index contributed by atoms with van der Waals surface area (Å²) in [7, 11) is 1.60. The van der Waals surface area contributed by atoms with Crippen LogP contribution in [0.15, 0.2) is 23.2 Å². The molecule has 1 aliphatic heterocycles. The third-order valence-corrected chi connectivity index (χ3v) is 4.51. The Morgan fingerprint density at radius 2 is 1.87 bits per heavy atom. The van der Waals surface area contributed by atoms with Crippen LogP contribution in [0.1, 0.15) is 6.92 Å². The minimum atomic E-state index is -0.936. The highest BCUT2D eigenvalue weighted by Crippen LogP contribution is 2.15. The fourth-order valence-corrected chi connectivity index (χ4v) is 2.98. The zero-order valence-electron chi connectivity index (χ0n) is 18.0. The van der Waals surface area contributed by atoms with Crippen LogP contribution in [0.5, 0.6) is 5.75 Å². The van der Waals surface area contributed by atoms with Crippen molar-refractivity contribution in [3.8, 4) is 5.75 Å². The molecule has 1 aromatic carbocycles. The van der Waals surface area contributed by atoms with Crippen molar-refractivity contribution in [1.29, 1.82) is 0 Å². The highest BCUT2D eigenvalue weighted by molar-refractivity contribution is 14.0. The van der Waals surface area contributed by atoms with Gasteiger partial charge in [0.2, 0.25) is 5.91 Å². The number of nitrogens with one attached hydrogen (secondary N) is 2. The lowest BCUT2D eigenvalue weighted by Crippen LogP contribution is -2.54. The molecule has 31 heavy (non-hydrogen) atoms. The number of piperazine rings is 1. The zero-order valence-corrected chi connectivity index (χ0v) is 20.4. The SMILES string of the molecule is CCNC(=NCCOc1ccc(F)c(F)c1)N1CCN(CC(=O)NCCOC)CC1.I. The van der Waals surface area contributed by atoms with Gasteiger partial charge in [-0.15, -0.1) is 24.0 Å². The van der Waals surface area contributed by atoms with E-state index in [4.69, 9.17) is 9.47 Å². The molecule has 11 heteroatoms. The van der Waals surface area contributed by atoms with Crippen LogP contribution in [0.4, 0.5) is 8.78 Å². The number of benzene rings is 1. The number of amides is 1. The first kappa shape index (κ1) is 27.3. The van der Waals surface area contributed by atoms with Crippen molar-refractivity contribution >= 4 is 35.8 Å². The van der Waals surface area contributed by atoms with Crippen LogP contribution in [0.2, 0.25) is 0 Å². The summed E-state index contributed by atoms with van der Waals surface area (Å²) in [6.07, 6.45) is 0. The summed E-state index contributed by atoms with van der Waals surface area (Å²) in [6.45, 7) is 7.75. The Labute approximate surface area is 199 Å². The third-order valence-electron chi connectivity index (χ3n) is 4.51. The maximum Gasteiger partial charge on any atom is 0.234 e. The van der Waals surface area contributed by atoms with Gasteiger partial charge in [-0.3, -0.25) is 9.69 Å².